The summed E-state index contributed by atoms with van der Waals surface area (Å²) in [6.45, 7) is 1.37. The van der Waals surface area contributed by atoms with Gasteiger partial charge in [0.15, 0.2) is 0 Å². The number of alkyl halides is 3. The number of hydrogen-bond acceptors (Lipinski definition) is 5. The summed E-state index contributed by atoms with van der Waals surface area (Å²) in [7, 11) is 1.39. The van der Waals surface area contributed by atoms with Crippen LogP contribution in [0.2, 0.25) is 0 Å². The van der Waals surface area contributed by atoms with Crippen molar-refractivity contribution in [1.29, 1.82) is 0 Å². The Balaban J connectivity index is 1.85. The van der Waals surface area contributed by atoms with Gasteiger partial charge in [-0.05, 0) is 48.9 Å². The van der Waals surface area contributed by atoms with E-state index in [1.54, 1.807) is 37.3 Å². The van der Waals surface area contributed by atoms with Crippen molar-refractivity contribution in [3.63, 3.8) is 0 Å². The number of methoxy groups -OCH3 is 1. The van der Waals surface area contributed by atoms with E-state index in [0.717, 1.165) is 17.0 Å². The number of ether oxygens (including phenoxy) is 1. The van der Waals surface area contributed by atoms with Gasteiger partial charge in [0.1, 0.15) is 29.1 Å². The number of amides is 1. The first kappa shape index (κ1) is 23.2. The van der Waals surface area contributed by atoms with E-state index in [-0.39, 0.29) is 34.8 Å². The Labute approximate surface area is 192 Å². The highest BCUT2D eigenvalue weighted by Gasteiger charge is 2.48. The molecule has 3 aromatic rings. The zero-order valence-electron chi connectivity index (χ0n) is 18.2. The number of aryl methyl sites for hydroxylation is 1. The first-order chi connectivity index (χ1) is 16.1. The Hall–Kier alpha value is -4.01. The van der Waals surface area contributed by atoms with Crippen LogP contribution in [0.4, 0.5) is 13.2 Å². The van der Waals surface area contributed by atoms with Crippen LogP contribution in [0, 0.1) is 6.92 Å². The highest BCUT2D eigenvalue weighted by Crippen LogP contribution is 2.42. The summed E-state index contributed by atoms with van der Waals surface area (Å²) >= 11 is 0. The van der Waals surface area contributed by atoms with Gasteiger partial charge in [0.2, 0.25) is 0 Å². The number of hydrogen-bond donors (Lipinski definition) is 1. The van der Waals surface area contributed by atoms with Crippen molar-refractivity contribution in [2.75, 3.05) is 7.11 Å². The molecule has 1 aromatic heterocycles. The number of para-hydroxylation sites is 1. The Morgan fingerprint density at radius 3 is 2.47 bits per heavy atom. The first-order valence-electron chi connectivity index (χ1n) is 10.3. The fourth-order valence-electron chi connectivity index (χ4n) is 3.97. The maximum absolute atomic E-state index is 13.2. The lowest BCUT2D eigenvalue weighted by Crippen LogP contribution is -2.29. The Bertz CT molecular complexity index is 1290. The molecule has 2 aromatic carbocycles. The molecular formula is C25H20F3NO5. The fourth-order valence-corrected chi connectivity index (χ4v) is 3.97. The molecule has 1 aliphatic heterocycles. The second-order valence-electron chi connectivity index (χ2n) is 7.77. The molecule has 1 aliphatic rings. The van der Waals surface area contributed by atoms with Crippen LogP contribution in [0.5, 0.6) is 5.75 Å². The Kier molecular flexibility index (Phi) is 5.95. The average Bonchev–Trinajstić information content (AvgIpc) is 3.34. The van der Waals surface area contributed by atoms with E-state index in [9.17, 15) is 27.9 Å². The maximum Gasteiger partial charge on any atom is 0.416 e. The van der Waals surface area contributed by atoms with Gasteiger partial charge in [-0.1, -0.05) is 24.3 Å². The second kappa shape index (κ2) is 8.74. The number of rotatable bonds is 5. The molecule has 1 fully saturated rings. The molecule has 0 radical (unpaired) electrons. The molecule has 0 aliphatic carbocycles. The second-order valence-corrected chi connectivity index (χ2v) is 7.77. The van der Waals surface area contributed by atoms with Crippen molar-refractivity contribution in [2.24, 2.45) is 0 Å². The standard InChI is InChI=1S/C25H20F3NO5/c1-14-10-11-19(34-14)21-20(22(30)17-8-3-4-9-18(17)33-2)23(31)24(32)29(21)13-15-6-5-7-16(12-15)25(26,27)28/h3-12,21,30H,13H2,1-2H3/b22-20-. The molecule has 1 unspecified atom stereocenters. The zero-order chi connectivity index (χ0) is 24.6. The summed E-state index contributed by atoms with van der Waals surface area (Å²) in [6.07, 6.45) is -4.56. The highest BCUT2D eigenvalue weighted by atomic mass is 19.4. The monoisotopic (exact) mass is 471 g/mol. The lowest BCUT2D eigenvalue weighted by molar-refractivity contribution is -0.140. The summed E-state index contributed by atoms with van der Waals surface area (Å²) in [5, 5.41) is 11.1. The minimum atomic E-state index is -4.56. The maximum atomic E-state index is 13.2. The van der Waals surface area contributed by atoms with Crippen molar-refractivity contribution in [3.8, 4) is 5.75 Å². The fraction of sp³-hybridized carbons (Fsp3) is 0.200. The van der Waals surface area contributed by atoms with Gasteiger partial charge in [0.25, 0.3) is 11.7 Å². The molecule has 1 atom stereocenters. The lowest BCUT2D eigenvalue weighted by atomic mass is 9.98. The van der Waals surface area contributed by atoms with Crippen LogP contribution in [0.15, 0.2) is 70.7 Å². The van der Waals surface area contributed by atoms with Crippen molar-refractivity contribution in [3.05, 3.63) is 94.4 Å². The molecule has 6 nitrogen and oxygen atoms in total. The van der Waals surface area contributed by atoms with Crippen molar-refractivity contribution < 1.29 is 37.0 Å². The zero-order valence-corrected chi connectivity index (χ0v) is 18.2. The molecule has 176 valence electrons. The molecule has 34 heavy (non-hydrogen) atoms. The van der Waals surface area contributed by atoms with Crippen LogP contribution in [0.25, 0.3) is 5.76 Å². The quantitative estimate of drug-likeness (QED) is 0.313. The summed E-state index contributed by atoms with van der Waals surface area (Å²) < 4.78 is 50.5. The van der Waals surface area contributed by atoms with E-state index >= 15 is 0 Å². The van der Waals surface area contributed by atoms with Gasteiger partial charge in [-0.25, -0.2) is 0 Å². The van der Waals surface area contributed by atoms with Gasteiger partial charge < -0.3 is 19.2 Å². The number of benzene rings is 2. The molecule has 0 saturated carbocycles. The number of carbonyl (C=O) groups excluding carboxylic acids is 2. The van der Waals surface area contributed by atoms with Crippen LogP contribution in [-0.2, 0) is 22.3 Å². The SMILES string of the molecule is COc1ccccc1/C(O)=C1/C(=O)C(=O)N(Cc2cccc(C(F)(F)F)c2)C1c1ccc(C)o1. The van der Waals surface area contributed by atoms with E-state index in [2.05, 4.69) is 0 Å². The largest absolute Gasteiger partial charge is 0.507 e. The van der Waals surface area contributed by atoms with E-state index in [4.69, 9.17) is 9.15 Å². The van der Waals surface area contributed by atoms with Gasteiger partial charge in [-0.2, -0.15) is 13.2 Å². The van der Waals surface area contributed by atoms with E-state index in [1.165, 1.54) is 25.3 Å². The van der Waals surface area contributed by atoms with Crippen LogP contribution in [-0.4, -0.2) is 28.8 Å². The third-order valence-electron chi connectivity index (χ3n) is 5.54. The third kappa shape index (κ3) is 4.16. The van der Waals surface area contributed by atoms with Gasteiger partial charge >= 0.3 is 6.18 Å². The van der Waals surface area contributed by atoms with Gasteiger partial charge in [-0.15, -0.1) is 0 Å². The van der Waals surface area contributed by atoms with Crippen LogP contribution in [0.1, 0.15) is 34.3 Å². The van der Waals surface area contributed by atoms with E-state index in [0.29, 0.717) is 5.76 Å². The van der Waals surface area contributed by atoms with Gasteiger partial charge in [0.05, 0.1) is 23.8 Å². The lowest BCUT2D eigenvalue weighted by Gasteiger charge is -2.24. The smallest absolute Gasteiger partial charge is 0.416 e. The summed E-state index contributed by atoms with van der Waals surface area (Å²) in [6, 6.07) is 13.0. The van der Waals surface area contributed by atoms with Crippen molar-refractivity contribution in [1.82, 2.24) is 4.90 Å². The number of aliphatic hydroxyl groups is 1. The summed E-state index contributed by atoms with van der Waals surface area (Å²) in [5.74, 6) is -1.45. The molecule has 1 amide bonds. The summed E-state index contributed by atoms with van der Waals surface area (Å²) in [4.78, 5) is 27.2. The number of furan rings is 1. The molecule has 4 rings (SSSR count). The summed E-state index contributed by atoms with van der Waals surface area (Å²) in [5.41, 5.74) is -0.755. The Morgan fingerprint density at radius 1 is 1.09 bits per heavy atom. The molecule has 0 bridgehead atoms. The molecule has 9 heteroatoms. The predicted octanol–water partition coefficient (Wildman–Crippen LogP) is 5.24. The molecule has 2 heterocycles. The normalized spacial score (nSPS) is 17.9. The van der Waals surface area contributed by atoms with E-state index < -0.39 is 35.2 Å². The predicted molar refractivity (Wildman–Crippen MR) is 116 cm³/mol. The molecular weight excluding hydrogens is 451 g/mol. The highest BCUT2D eigenvalue weighted by molar-refractivity contribution is 6.46. The number of nitrogens with zero attached hydrogens (tertiary/aromatic N) is 1. The van der Waals surface area contributed by atoms with Crippen LogP contribution in [0.3, 0.4) is 0 Å². The van der Waals surface area contributed by atoms with Crippen LogP contribution >= 0.6 is 0 Å². The minimum Gasteiger partial charge on any atom is -0.507 e. The number of carbonyl (C=O) groups is 2. The number of Topliss-reactive ketones (excluding diaryl/α,β-unsaturated/α-hetero) is 1. The average molecular weight is 471 g/mol. The number of halogens is 3. The van der Waals surface area contributed by atoms with Crippen molar-refractivity contribution >= 4 is 17.4 Å². The number of aliphatic hydroxyl groups excluding tert-OH is 1. The third-order valence-corrected chi connectivity index (χ3v) is 5.54. The molecule has 1 saturated heterocycles. The van der Waals surface area contributed by atoms with E-state index in [1.807, 2.05) is 0 Å². The van der Waals surface area contributed by atoms with Gasteiger partial charge in [0, 0.05) is 6.54 Å². The molecule has 1 N–H and O–H groups in total. The minimum absolute atomic E-state index is 0.169. The van der Waals surface area contributed by atoms with Gasteiger partial charge in [-0.3, -0.25) is 9.59 Å². The topological polar surface area (TPSA) is 80.0 Å². The number of ketones is 1. The molecule has 0 spiro atoms. The number of likely N-dealkylation sites (tertiary alicyclic amines) is 1. The van der Waals surface area contributed by atoms with Crippen LogP contribution < -0.4 is 4.74 Å². The van der Waals surface area contributed by atoms with Crippen molar-refractivity contribution in [2.45, 2.75) is 25.7 Å². The Morgan fingerprint density at radius 2 is 1.82 bits per heavy atom. The first-order valence-corrected chi connectivity index (χ1v) is 10.3.